The highest BCUT2D eigenvalue weighted by Gasteiger charge is 2.48. The average Bonchev–Trinajstić information content (AvgIpc) is 2.30. The van der Waals surface area contributed by atoms with Gasteiger partial charge >= 0.3 is 0 Å². The number of ketones is 1. The predicted molar refractivity (Wildman–Crippen MR) is 67.7 cm³/mol. The van der Waals surface area contributed by atoms with Crippen LogP contribution in [0.3, 0.4) is 0 Å². The van der Waals surface area contributed by atoms with Gasteiger partial charge in [0, 0.05) is 19.5 Å². The molecule has 0 spiro atoms. The van der Waals surface area contributed by atoms with Crippen molar-refractivity contribution < 1.29 is 9.18 Å². The van der Waals surface area contributed by atoms with Gasteiger partial charge in [-0.25, -0.2) is 4.39 Å². The fourth-order valence-corrected chi connectivity index (χ4v) is 3.28. The summed E-state index contributed by atoms with van der Waals surface area (Å²) in [6, 6.07) is 6.61. The summed E-state index contributed by atoms with van der Waals surface area (Å²) in [5.74, 6) is 0.0322. The number of carbonyl (C=O) groups is 1. The second-order valence-corrected chi connectivity index (χ2v) is 5.34. The molecule has 1 saturated carbocycles. The highest BCUT2D eigenvalue weighted by atomic mass is 19.1. The highest BCUT2D eigenvalue weighted by molar-refractivity contribution is 5.90. The normalized spacial score (nSPS) is 29.1. The Balaban J connectivity index is 2.06. The third-order valence-corrected chi connectivity index (χ3v) is 4.35. The lowest BCUT2D eigenvalue weighted by molar-refractivity contribution is -0.138. The third-order valence-electron chi connectivity index (χ3n) is 4.35. The van der Waals surface area contributed by atoms with Crippen LogP contribution in [-0.4, -0.2) is 23.8 Å². The van der Waals surface area contributed by atoms with Crippen molar-refractivity contribution in [3.05, 3.63) is 35.6 Å². The van der Waals surface area contributed by atoms with E-state index >= 15 is 0 Å². The summed E-state index contributed by atoms with van der Waals surface area (Å²) in [5, 5.41) is 0. The maximum Gasteiger partial charge on any atom is 0.157 e. The molecule has 1 aliphatic heterocycles. The topological polar surface area (TPSA) is 20.3 Å². The number of nitrogens with zero attached hydrogens (tertiary/aromatic N) is 1. The maximum atomic E-state index is 13.5. The molecule has 2 fully saturated rings. The standard InChI is InChI=1S/C15H18FNO/c16-13-6-3-5-12(11-13)15(17-9-4-10-17)8-2-1-7-14(15)18/h3,5-6,11H,1-2,4,7-10H2. The van der Waals surface area contributed by atoms with Crippen LogP contribution in [0.25, 0.3) is 0 Å². The van der Waals surface area contributed by atoms with E-state index in [-0.39, 0.29) is 11.6 Å². The van der Waals surface area contributed by atoms with E-state index in [4.69, 9.17) is 0 Å². The van der Waals surface area contributed by atoms with Crippen LogP contribution >= 0.6 is 0 Å². The van der Waals surface area contributed by atoms with Gasteiger partial charge in [0.2, 0.25) is 0 Å². The molecular formula is C15H18FNO. The first-order chi connectivity index (χ1) is 8.73. The van der Waals surface area contributed by atoms with Gasteiger partial charge in [-0.1, -0.05) is 18.6 Å². The SMILES string of the molecule is O=C1CCCCC1(c1cccc(F)c1)N1CCC1. The Morgan fingerprint density at radius 2 is 2.00 bits per heavy atom. The minimum absolute atomic E-state index is 0.245. The first-order valence-electron chi connectivity index (χ1n) is 6.78. The molecule has 1 aromatic rings. The number of Topliss-reactive ketones (excluding diaryl/α,β-unsaturated/α-hetero) is 1. The number of carbonyl (C=O) groups excluding carboxylic acids is 1. The van der Waals surface area contributed by atoms with Crippen LogP contribution in [0.1, 0.15) is 37.7 Å². The molecule has 0 aromatic heterocycles. The lowest BCUT2D eigenvalue weighted by Crippen LogP contribution is -2.58. The molecule has 1 unspecified atom stereocenters. The molecule has 0 amide bonds. The van der Waals surface area contributed by atoms with Crippen LogP contribution in [-0.2, 0) is 10.3 Å². The van der Waals surface area contributed by atoms with Crippen molar-refractivity contribution in [1.82, 2.24) is 4.90 Å². The molecule has 1 aliphatic carbocycles. The van der Waals surface area contributed by atoms with E-state index in [1.807, 2.05) is 6.07 Å². The van der Waals surface area contributed by atoms with Gasteiger partial charge in [0.15, 0.2) is 5.78 Å². The zero-order chi connectivity index (χ0) is 12.6. The lowest BCUT2D eigenvalue weighted by Gasteiger charge is -2.50. The van der Waals surface area contributed by atoms with Gasteiger partial charge in [0.25, 0.3) is 0 Å². The number of likely N-dealkylation sites (tertiary alicyclic amines) is 1. The number of halogens is 1. The number of benzene rings is 1. The Morgan fingerprint density at radius 1 is 1.17 bits per heavy atom. The molecule has 1 atom stereocenters. The van der Waals surface area contributed by atoms with E-state index in [1.54, 1.807) is 12.1 Å². The number of hydrogen-bond donors (Lipinski definition) is 0. The molecule has 18 heavy (non-hydrogen) atoms. The van der Waals surface area contributed by atoms with Crippen molar-refractivity contribution in [3.8, 4) is 0 Å². The van der Waals surface area contributed by atoms with Crippen LogP contribution in [0.2, 0.25) is 0 Å². The van der Waals surface area contributed by atoms with Gasteiger partial charge < -0.3 is 0 Å². The molecule has 3 heteroatoms. The predicted octanol–water partition coefficient (Wildman–Crippen LogP) is 2.87. The van der Waals surface area contributed by atoms with Crippen LogP contribution < -0.4 is 0 Å². The lowest BCUT2D eigenvalue weighted by atomic mass is 9.73. The maximum absolute atomic E-state index is 13.5. The van der Waals surface area contributed by atoms with Crippen LogP contribution in [0, 0.1) is 5.82 Å². The summed E-state index contributed by atoms with van der Waals surface area (Å²) in [7, 11) is 0. The Morgan fingerprint density at radius 3 is 2.61 bits per heavy atom. The van der Waals surface area contributed by atoms with Crippen molar-refractivity contribution in [3.63, 3.8) is 0 Å². The Bertz CT molecular complexity index is 469. The molecule has 1 aromatic carbocycles. The van der Waals surface area contributed by atoms with Crippen molar-refractivity contribution >= 4 is 5.78 Å². The minimum Gasteiger partial charge on any atom is -0.297 e. The van der Waals surface area contributed by atoms with E-state index in [0.717, 1.165) is 44.3 Å². The summed E-state index contributed by atoms with van der Waals surface area (Å²) in [5.41, 5.74) is 0.324. The first-order valence-corrected chi connectivity index (χ1v) is 6.78. The smallest absolute Gasteiger partial charge is 0.157 e. The van der Waals surface area contributed by atoms with Gasteiger partial charge in [0.1, 0.15) is 11.4 Å². The number of rotatable bonds is 2. The van der Waals surface area contributed by atoms with Crippen LogP contribution in [0.4, 0.5) is 4.39 Å². The van der Waals surface area contributed by atoms with Gasteiger partial charge in [-0.15, -0.1) is 0 Å². The van der Waals surface area contributed by atoms with Gasteiger partial charge in [-0.2, -0.15) is 0 Å². The minimum atomic E-state index is -0.529. The molecule has 0 radical (unpaired) electrons. The van der Waals surface area contributed by atoms with E-state index in [1.165, 1.54) is 6.07 Å². The zero-order valence-electron chi connectivity index (χ0n) is 10.5. The molecule has 1 saturated heterocycles. The van der Waals surface area contributed by atoms with Crippen molar-refractivity contribution in [2.45, 2.75) is 37.6 Å². The van der Waals surface area contributed by atoms with Crippen LogP contribution in [0.15, 0.2) is 24.3 Å². The molecule has 3 rings (SSSR count). The summed E-state index contributed by atoms with van der Waals surface area (Å²) in [6.07, 6.45) is 4.65. The van der Waals surface area contributed by atoms with Gasteiger partial charge in [-0.05, 0) is 37.0 Å². The molecule has 2 nitrogen and oxygen atoms in total. The monoisotopic (exact) mass is 247 g/mol. The molecule has 2 aliphatic rings. The second-order valence-electron chi connectivity index (χ2n) is 5.34. The van der Waals surface area contributed by atoms with E-state index in [2.05, 4.69) is 4.90 Å². The van der Waals surface area contributed by atoms with E-state index in [0.29, 0.717) is 6.42 Å². The zero-order valence-corrected chi connectivity index (χ0v) is 10.5. The Labute approximate surface area is 107 Å². The summed E-state index contributed by atoms with van der Waals surface area (Å²) >= 11 is 0. The van der Waals surface area contributed by atoms with Crippen LogP contribution in [0.5, 0.6) is 0 Å². The fraction of sp³-hybridized carbons (Fsp3) is 0.533. The van der Waals surface area contributed by atoms with Gasteiger partial charge in [0.05, 0.1) is 0 Å². The summed E-state index contributed by atoms with van der Waals surface area (Å²) in [6.45, 7) is 1.92. The molecular weight excluding hydrogens is 229 g/mol. The average molecular weight is 247 g/mol. The van der Waals surface area contributed by atoms with Crippen molar-refractivity contribution in [2.75, 3.05) is 13.1 Å². The van der Waals surface area contributed by atoms with E-state index < -0.39 is 5.54 Å². The van der Waals surface area contributed by atoms with E-state index in [9.17, 15) is 9.18 Å². The quantitative estimate of drug-likeness (QED) is 0.801. The van der Waals surface area contributed by atoms with Crippen molar-refractivity contribution in [2.24, 2.45) is 0 Å². The second kappa shape index (κ2) is 4.47. The summed E-state index contributed by atoms with van der Waals surface area (Å²) in [4.78, 5) is 14.7. The molecule has 0 N–H and O–H groups in total. The fourth-order valence-electron chi connectivity index (χ4n) is 3.28. The molecule has 96 valence electrons. The third kappa shape index (κ3) is 1.69. The summed E-state index contributed by atoms with van der Waals surface area (Å²) < 4.78 is 13.5. The molecule has 1 heterocycles. The highest BCUT2D eigenvalue weighted by Crippen LogP contribution is 2.42. The Kier molecular flexibility index (Phi) is 2.94. The number of hydrogen-bond acceptors (Lipinski definition) is 2. The molecule has 0 bridgehead atoms. The first kappa shape index (κ1) is 11.8. The largest absolute Gasteiger partial charge is 0.297 e. The Hall–Kier alpha value is -1.22. The van der Waals surface area contributed by atoms with Gasteiger partial charge in [-0.3, -0.25) is 9.69 Å². The van der Waals surface area contributed by atoms with Crippen molar-refractivity contribution in [1.29, 1.82) is 0 Å².